The molecule has 0 amide bonds. The van der Waals surface area contributed by atoms with E-state index in [0.29, 0.717) is 5.92 Å². The highest BCUT2D eigenvalue weighted by Crippen LogP contribution is 2.17. The smallest absolute Gasteiger partial charge is 0.00200 e. The largest absolute Gasteiger partial charge is 0.316 e. The molecule has 1 N–H and O–H groups in total. The van der Waals surface area contributed by atoms with Crippen molar-refractivity contribution in [3.05, 3.63) is 48.0 Å². The zero-order valence-corrected chi connectivity index (χ0v) is 11.4. The summed E-state index contributed by atoms with van der Waals surface area (Å²) in [6.45, 7) is 6.77. The molecule has 1 unspecified atom stereocenters. The Balaban J connectivity index is 1.98. The number of hydrogen-bond donors (Lipinski definition) is 1. The number of fused-ring (bicyclic) bond motifs is 1. The topological polar surface area (TPSA) is 12.0 Å². The van der Waals surface area contributed by atoms with Crippen LogP contribution in [-0.4, -0.2) is 13.1 Å². The third kappa shape index (κ3) is 3.58. The van der Waals surface area contributed by atoms with E-state index in [9.17, 15) is 0 Å². The summed E-state index contributed by atoms with van der Waals surface area (Å²) in [6.07, 6.45) is 2.37. The van der Waals surface area contributed by atoms with E-state index in [0.717, 1.165) is 19.5 Å². The number of rotatable bonds is 6. The molecule has 0 bridgehead atoms. The van der Waals surface area contributed by atoms with E-state index in [2.05, 4.69) is 61.6 Å². The minimum Gasteiger partial charge on any atom is -0.316 e. The molecule has 2 aromatic rings. The van der Waals surface area contributed by atoms with Crippen LogP contribution < -0.4 is 5.32 Å². The first-order valence-electron chi connectivity index (χ1n) is 6.98. The molecule has 1 heteroatoms. The van der Waals surface area contributed by atoms with Gasteiger partial charge in [0, 0.05) is 0 Å². The van der Waals surface area contributed by atoms with E-state index in [1.807, 2.05) is 0 Å². The van der Waals surface area contributed by atoms with Crippen molar-refractivity contribution in [2.75, 3.05) is 13.1 Å². The first-order valence-corrected chi connectivity index (χ1v) is 6.98. The second kappa shape index (κ2) is 6.55. The molecule has 0 spiro atoms. The Hall–Kier alpha value is -1.34. The Morgan fingerprint density at radius 3 is 2.61 bits per heavy atom. The van der Waals surface area contributed by atoms with E-state index in [1.165, 1.54) is 22.8 Å². The van der Waals surface area contributed by atoms with Gasteiger partial charge in [0.1, 0.15) is 0 Å². The van der Waals surface area contributed by atoms with E-state index in [-0.39, 0.29) is 0 Å². The molecule has 0 saturated carbocycles. The molecule has 18 heavy (non-hydrogen) atoms. The molecule has 0 saturated heterocycles. The van der Waals surface area contributed by atoms with Crippen LogP contribution in [0.1, 0.15) is 25.8 Å². The van der Waals surface area contributed by atoms with Gasteiger partial charge in [0.15, 0.2) is 0 Å². The molecule has 0 aliphatic heterocycles. The highest BCUT2D eigenvalue weighted by atomic mass is 14.8. The SMILES string of the molecule is CCCNCC(C)Cc1ccc2ccccc2c1. The van der Waals surface area contributed by atoms with Crippen molar-refractivity contribution in [3.63, 3.8) is 0 Å². The molecular weight excluding hydrogens is 218 g/mol. The van der Waals surface area contributed by atoms with Crippen LogP contribution in [0.2, 0.25) is 0 Å². The minimum absolute atomic E-state index is 0.692. The summed E-state index contributed by atoms with van der Waals surface area (Å²) in [5.41, 5.74) is 1.44. The maximum atomic E-state index is 3.49. The fourth-order valence-corrected chi connectivity index (χ4v) is 2.37. The molecule has 2 rings (SSSR count). The average molecular weight is 241 g/mol. The Bertz CT molecular complexity index is 490. The highest BCUT2D eigenvalue weighted by molar-refractivity contribution is 5.82. The van der Waals surface area contributed by atoms with E-state index in [1.54, 1.807) is 0 Å². The lowest BCUT2D eigenvalue weighted by molar-refractivity contribution is 0.511. The quantitative estimate of drug-likeness (QED) is 0.753. The van der Waals surface area contributed by atoms with Crippen molar-refractivity contribution in [2.24, 2.45) is 5.92 Å². The lowest BCUT2D eigenvalue weighted by Crippen LogP contribution is -2.23. The lowest BCUT2D eigenvalue weighted by Gasteiger charge is -2.12. The van der Waals surface area contributed by atoms with Gasteiger partial charge in [-0.25, -0.2) is 0 Å². The zero-order chi connectivity index (χ0) is 12.8. The number of hydrogen-bond acceptors (Lipinski definition) is 1. The summed E-state index contributed by atoms with van der Waals surface area (Å²) in [6, 6.07) is 15.4. The van der Waals surface area contributed by atoms with Gasteiger partial charge in [-0.1, -0.05) is 56.3 Å². The van der Waals surface area contributed by atoms with E-state index >= 15 is 0 Å². The molecule has 0 aliphatic carbocycles. The molecular formula is C17H23N. The van der Waals surface area contributed by atoms with Crippen LogP contribution in [0, 0.1) is 5.92 Å². The maximum absolute atomic E-state index is 3.49. The van der Waals surface area contributed by atoms with Crippen molar-refractivity contribution in [1.82, 2.24) is 5.32 Å². The molecule has 0 fully saturated rings. The molecule has 1 atom stereocenters. The Kier molecular flexibility index (Phi) is 4.77. The van der Waals surface area contributed by atoms with Crippen molar-refractivity contribution >= 4 is 10.8 Å². The Morgan fingerprint density at radius 2 is 1.83 bits per heavy atom. The van der Waals surface area contributed by atoms with Gasteiger partial charge in [0.25, 0.3) is 0 Å². The van der Waals surface area contributed by atoms with Gasteiger partial charge in [0.05, 0.1) is 0 Å². The molecule has 96 valence electrons. The van der Waals surface area contributed by atoms with Gasteiger partial charge < -0.3 is 5.32 Å². The van der Waals surface area contributed by atoms with Crippen molar-refractivity contribution in [1.29, 1.82) is 0 Å². The van der Waals surface area contributed by atoms with Crippen LogP contribution >= 0.6 is 0 Å². The molecule has 2 aromatic carbocycles. The number of nitrogens with one attached hydrogen (secondary N) is 1. The first-order chi connectivity index (χ1) is 8.79. The fourth-order valence-electron chi connectivity index (χ4n) is 2.37. The average Bonchev–Trinajstić information content (AvgIpc) is 2.39. The number of benzene rings is 2. The molecule has 1 nitrogen and oxygen atoms in total. The second-order valence-corrected chi connectivity index (χ2v) is 5.19. The fraction of sp³-hybridized carbons (Fsp3) is 0.412. The van der Waals surface area contributed by atoms with Crippen LogP contribution in [0.3, 0.4) is 0 Å². The molecule has 0 aliphatic rings. The normalized spacial score (nSPS) is 12.8. The van der Waals surface area contributed by atoms with Crippen molar-refractivity contribution < 1.29 is 0 Å². The van der Waals surface area contributed by atoms with E-state index < -0.39 is 0 Å². The lowest BCUT2D eigenvalue weighted by atomic mass is 9.98. The Labute approximate surface area is 110 Å². The molecule has 0 radical (unpaired) electrons. The van der Waals surface area contributed by atoms with Gasteiger partial charge in [-0.05, 0) is 48.2 Å². The van der Waals surface area contributed by atoms with Crippen LogP contribution in [0.5, 0.6) is 0 Å². The minimum atomic E-state index is 0.692. The maximum Gasteiger partial charge on any atom is -0.00200 e. The zero-order valence-electron chi connectivity index (χ0n) is 11.4. The predicted molar refractivity (Wildman–Crippen MR) is 80.0 cm³/mol. The van der Waals surface area contributed by atoms with Crippen molar-refractivity contribution in [3.8, 4) is 0 Å². The standard InChI is InChI=1S/C17H23N/c1-3-10-18-13-14(2)11-15-8-9-16-6-4-5-7-17(16)12-15/h4-9,12,14,18H,3,10-11,13H2,1-2H3. The van der Waals surface area contributed by atoms with Crippen LogP contribution in [0.4, 0.5) is 0 Å². The molecule has 0 aromatic heterocycles. The van der Waals surface area contributed by atoms with Crippen LogP contribution in [0.15, 0.2) is 42.5 Å². The van der Waals surface area contributed by atoms with Gasteiger partial charge >= 0.3 is 0 Å². The summed E-state index contributed by atoms with van der Waals surface area (Å²) < 4.78 is 0. The second-order valence-electron chi connectivity index (χ2n) is 5.19. The third-order valence-corrected chi connectivity index (χ3v) is 3.32. The van der Waals surface area contributed by atoms with Gasteiger partial charge in [-0.2, -0.15) is 0 Å². The summed E-state index contributed by atoms with van der Waals surface area (Å²) in [5.74, 6) is 0.692. The summed E-state index contributed by atoms with van der Waals surface area (Å²) in [7, 11) is 0. The molecule has 0 heterocycles. The monoisotopic (exact) mass is 241 g/mol. The highest BCUT2D eigenvalue weighted by Gasteiger charge is 2.03. The van der Waals surface area contributed by atoms with Crippen molar-refractivity contribution in [2.45, 2.75) is 26.7 Å². The van der Waals surface area contributed by atoms with Gasteiger partial charge in [-0.3, -0.25) is 0 Å². The van der Waals surface area contributed by atoms with Crippen LogP contribution in [0.25, 0.3) is 10.8 Å². The third-order valence-electron chi connectivity index (χ3n) is 3.32. The predicted octanol–water partition coefficient (Wildman–Crippen LogP) is 4.02. The summed E-state index contributed by atoms with van der Waals surface area (Å²) >= 11 is 0. The van der Waals surface area contributed by atoms with Gasteiger partial charge in [-0.15, -0.1) is 0 Å². The first kappa shape index (κ1) is 13.1. The van der Waals surface area contributed by atoms with E-state index in [4.69, 9.17) is 0 Å². The Morgan fingerprint density at radius 1 is 1.06 bits per heavy atom. The van der Waals surface area contributed by atoms with Gasteiger partial charge in [0.2, 0.25) is 0 Å². The summed E-state index contributed by atoms with van der Waals surface area (Å²) in [4.78, 5) is 0. The van der Waals surface area contributed by atoms with Crippen LogP contribution in [-0.2, 0) is 6.42 Å². The summed E-state index contributed by atoms with van der Waals surface area (Å²) in [5, 5.41) is 6.17.